The molecule has 0 bridgehead atoms. The van der Waals surface area contributed by atoms with Crippen molar-refractivity contribution < 1.29 is 24.7 Å². The zero-order chi connectivity index (χ0) is 12.9. The van der Waals surface area contributed by atoms with Crippen LogP contribution in [0, 0.1) is 11.8 Å². The number of carbonyl (C=O) groups is 3. The van der Waals surface area contributed by atoms with Crippen molar-refractivity contribution in [2.75, 3.05) is 0 Å². The summed E-state index contributed by atoms with van der Waals surface area (Å²) >= 11 is 0. The summed E-state index contributed by atoms with van der Waals surface area (Å²) in [6, 6.07) is -1.08. The van der Waals surface area contributed by atoms with Crippen molar-refractivity contribution in [1.29, 1.82) is 0 Å². The van der Waals surface area contributed by atoms with Crippen molar-refractivity contribution in [3.8, 4) is 0 Å². The third-order valence-corrected chi connectivity index (χ3v) is 2.07. The molecule has 7 nitrogen and oxygen atoms in total. The monoisotopic (exact) mass is 232 g/mol. The van der Waals surface area contributed by atoms with Gasteiger partial charge in [-0.2, -0.15) is 0 Å². The fourth-order valence-corrected chi connectivity index (χ4v) is 1.16. The third-order valence-electron chi connectivity index (χ3n) is 2.07. The molecule has 0 aliphatic carbocycles. The van der Waals surface area contributed by atoms with Gasteiger partial charge in [0.1, 0.15) is 12.0 Å². The molecule has 2 amide bonds. The summed E-state index contributed by atoms with van der Waals surface area (Å²) in [4.78, 5) is 33.2. The lowest BCUT2D eigenvalue weighted by atomic mass is 9.94. The Bertz CT molecular complexity index is 290. The molecule has 1 unspecified atom stereocenters. The molecule has 0 rings (SSSR count). The van der Waals surface area contributed by atoms with Crippen molar-refractivity contribution in [3.63, 3.8) is 0 Å². The van der Waals surface area contributed by atoms with Crippen molar-refractivity contribution in [2.45, 2.75) is 26.8 Å². The van der Waals surface area contributed by atoms with Crippen LogP contribution in [0.25, 0.3) is 0 Å². The van der Waals surface area contributed by atoms with Gasteiger partial charge in [0.25, 0.3) is 5.91 Å². The van der Waals surface area contributed by atoms with Gasteiger partial charge >= 0.3 is 5.97 Å². The molecular formula is C9H16N2O5. The van der Waals surface area contributed by atoms with Crippen LogP contribution in [0.15, 0.2) is 0 Å². The molecule has 0 aromatic carbocycles. The lowest BCUT2D eigenvalue weighted by molar-refractivity contribution is -0.146. The summed E-state index contributed by atoms with van der Waals surface area (Å²) < 4.78 is 0. The first-order valence-corrected chi connectivity index (χ1v) is 4.78. The Hall–Kier alpha value is -1.63. The molecule has 0 radical (unpaired) electrons. The number of rotatable bonds is 5. The number of carbonyl (C=O) groups excluding carboxylic acids is 2. The lowest BCUT2D eigenvalue weighted by Gasteiger charge is -2.19. The average Bonchev–Trinajstić information content (AvgIpc) is 2.16. The molecule has 0 spiro atoms. The van der Waals surface area contributed by atoms with E-state index in [1.54, 1.807) is 13.8 Å². The zero-order valence-electron chi connectivity index (χ0n) is 9.35. The van der Waals surface area contributed by atoms with Crippen LogP contribution in [0.3, 0.4) is 0 Å². The third kappa shape index (κ3) is 3.85. The van der Waals surface area contributed by atoms with Crippen LogP contribution in [0.1, 0.15) is 20.8 Å². The summed E-state index contributed by atoms with van der Waals surface area (Å²) in [6.07, 6.45) is 0. The Balaban J connectivity index is 4.64. The minimum Gasteiger partial charge on any atom is -0.480 e. The highest BCUT2D eigenvalue weighted by Crippen LogP contribution is 2.11. The summed E-state index contributed by atoms with van der Waals surface area (Å²) in [5.74, 6) is -4.25. The van der Waals surface area contributed by atoms with Crippen LogP contribution in [0.4, 0.5) is 0 Å². The van der Waals surface area contributed by atoms with Crippen LogP contribution < -0.4 is 10.8 Å². The van der Waals surface area contributed by atoms with Crippen LogP contribution in [-0.2, 0) is 14.4 Å². The summed E-state index contributed by atoms with van der Waals surface area (Å²) in [5, 5.41) is 19.2. The Morgan fingerprint density at radius 2 is 1.56 bits per heavy atom. The lowest BCUT2D eigenvalue weighted by Crippen LogP contribution is -2.47. The van der Waals surface area contributed by atoms with E-state index < -0.39 is 29.7 Å². The molecule has 0 aliphatic rings. The van der Waals surface area contributed by atoms with Crippen LogP contribution in [0.2, 0.25) is 0 Å². The molecule has 2 atom stereocenters. The number of hydrogen-bond donors (Lipinski definition) is 4. The number of aliphatic carboxylic acids is 1. The van der Waals surface area contributed by atoms with Gasteiger partial charge in [0.15, 0.2) is 0 Å². The highest BCUT2D eigenvalue weighted by Gasteiger charge is 2.31. The first-order chi connectivity index (χ1) is 7.31. The first-order valence-electron chi connectivity index (χ1n) is 4.78. The van der Waals surface area contributed by atoms with Gasteiger partial charge in [0.2, 0.25) is 5.91 Å². The van der Waals surface area contributed by atoms with E-state index in [1.165, 1.54) is 12.4 Å². The van der Waals surface area contributed by atoms with Gasteiger partial charge in [-0.1, -0.05) is 13.8 Å². The molecule has 92 valence electrons. The molecule has 4 N–H and O–H groups in total. The second-order valence-corrected chi connectivity index (χ2v) is 3.77. The molecular weight excluding hydrogens is 216 g/mol. The van der Waals surface area contributed by atoms with E-state index in [-0.39, 0.29) is 5.92 Å². The highest BCUT2D eigenvalue weighted by atomic mass is 16.5. The summed E-state index contributed by atoms with van der Waals surface area (Å²) in [6.45, 7) is 4.52. The van der Waals surface area contributed by atoms with Gasteiger partial charge in [0.05, 0.1) is 0 Å². The maximum atomic E-state index is 11.6. The second kappa shape index (κ2) is 6.06. The second-order valence-electron chi connectivity index (χ2n) is 3.77. The van der Waals surface area contributed by atoms with E-state index in [0.717, 1.165) is 0 Å². The Morgan fingerprint density at radius 3 is 1.88 bits per heavy atom. The minimum atomic E-state index is -1.19. The summed E-state index contributed by atoms with van der Waals surface area (Å²) in [7, 11) is 0. The van der Waals surface area contributed by atoms with E-state index in [2.05, 4.69) is 5.32 Å². The van der Waals surface area contributed by atoms with E-state index in [1.807, 2.05) is 0 Å². The zero-order valence-corrected chi connectivity index (χ0v) is 9.35. The fourth-order valence-electron chi connectivity index (χ4n) is 1.16. The van der Waals surface area contributed by atoms with Crippen molar-refractivity contribution in [2.24, 2.45) is 11.8 Å². The van der Waals surface area contributed by atoms with Gasteiger partial charge in [-0.15, -0.1) is 0 Å². The molecule has 0 heterocycles. The number of carboxylic acid groups (broad SMARTS) is 1. The van der Waals surface area contributed by atoms with E-state index in [0.29, 0.717) is 0 Å². The van der Waals surface area contributed by atoms with E-state index in [9.17, 15) is 14.4 Å². The molecule has 0 aromatic rings. The molecule has 0 saturated carbocycles. The predicted octanol–water partition coefficient (Wildman–Crippen LogP) is -0.647. The molecule has 0 aliphatic heterocycles. The molecule has 16 heavy (non-hydrogen) atoms. The van der Waals surface area contributed by atoms with Gasteiger partial charge in [0, 0.05) is 0 Å². The van der Waals surface area contributed by atoms with Gasteiger partial charge < -0.3 is 10.4 Å². The Labute approximate surface area is 92.8 Å². The fraction of sp³-hybridized carbons (Fsp3) is 0.667. The van der Waals surface area contributed by atoms with Crippen LogP contribution in [0.5, 0.6) is 0 Å². The number of carboxylic acids is 1. The van der Waals surface area contributed by atoms with Crippen molar-refractivity contribution >= 4 is 17.8 Å². The number of amides is 2. The normalized spacial score (nSPS) is 14.1. The first kappa shape index (κ1) is 14.4. The number of hydrogen-bond acceptors (Lipinski definition) is 4. The van der Waals surface area contributed by atoms with Gasteiger partial charge in [-0.05, 0) is 12.8 Å². The van der Waals surface area contributed by atoms with E-state index in [4.69, 9.17) is 10.3 Å². The largest absolute Gasteiger partial charge is 0.480 e. The molecule has 0 fully saturated rings. The van der Waals surface area contributed by atoms with Crippen molar-refractivity contribution in [3.05, 3.63) is 0 Å². The van der Waals surface area contributed by atoms with Crippen molar-refractivity contribution in [1.82, 2.24) is 10.8 Å². The standard InChI is InChI=1S/C9H16N2O5/c1-4(2)6(8(13)11-16)7(12)10-5(3)9(14)15/h4-6,16H,1-3H3,(H,10,12)(H,11,13)(H,14,15)/t5-,6?/m0/s1. The van der Waals surface area contributed by atoms with Gasteiger partial charge in [-0.25, -0.2) is 5.48 Å². The smallest absolute Gasteiger partial charge is 0.325 e. The van der Waals surface area contributed by atoms with Crippen LogP contribution >= 0.6 is 0 Å². The number of nitrogens with one attached hydrogen (secondary N) is 2. The molecule has 7 heteroatoms. The SMILES string of the molecule is CC(C)C(C(=O)NO)C(=O)N[C@@H](C)C(=O)O. The van der Waals surface area contributed by atoms with Gasteiger partial charge in [-0.3, -0.25) is 19.6 Å². The predicted molar refractivity (Wildman–Crippen MR) is 53.5 cm³/mol. The maximum Gasteiger partial charge on any atom is 0.325 e. The topological polar surface area (TPSA) is 116 Å². The van der Waals surface area contributed by atoms with E-state index >= 15 is 0 Å². The molecule has 0 saturated heterocycles. The Kier molecular flexibility index (Phi) is 5.44. The minimum absolute atomic E-state index is 0.354. The Morgan fingerprint density at radius 1 is 1.06 bits per heavy atom. The number of hydroxylamine groups is 1. The van der Waals surface area contributed by atoms with Crippen LogP contribution in [-0.4, -0.2) is 34.1 Å². The average molecular weight is 232 g/mol. The quantitative estimate of drug-likeness (QED) is 0.285. The maximum absolute atomic E-state index is 11.6. The summed E-state index contributed by atoms with van der Waals surface area (Å²) in [5.41, 5.74) is 1.38. The molecule has 0 aromatic heterocycles. The highest BCUT2D eigenvalue weighted by molar-refractivity contribution is 6.01.